The molecule has 0 aliphatic rings. The predicted octanol–water partition coefficient (Wildman–Crippen LogP) is 6.34. The number of rotatable bonds is 13. The van der Waals surface area contributed by atoms with Gasteiger partial charge < -0.3 is 4.74 Å². The minimum atomic E-state index is 0.415. The van der Waals surface area contributed by atoms with Crippen LogP contribution in [0.5, 0.6) is 0 Å². The summed E-state index contributed by atoms with van der Waals surface area (Å²) in [5.41, 5.74) is 2.80. The number of hydrogen-bond donors (Lipinski definition) is 0. The number of unbranched alkanes of at least 4 members (excludes halogenated alkanes) is 1. The normalized spacial score (nSPS) is 12.5. The highest BCUT2D eigenvalue weighted by atomic mass is 127. The number of benzene rings is 2. The summed E-state index contributed by atoms with van der Waals surface area (Å²) < 4.78 is 7.15. The molecule has 0 saturated carbocycles. The molecule has 0 aliphatic carbocycles. The largest absolute Gasteiger partial charge is 0.376 e. The molecule has 0 saturated heterocycles. The number of halogens is 1. The van der Waals surface area contributed by atoms with E-state index in [2.05, 4.69) is 103 Å². The van der Waals surface area contributed by atoms with Gasteiger partial charge in [0.1, 0.15) is 0 Å². The average Bonchev–Trinajstić information content (AvgIpc) is 2.70. The van der Waals surface area contributed by atoms with Crippen LogP contribution in [0.15, 0.2) is 67.3 Å². The molecule has 0 bridgehead atoms. The smallest absolute Gasteiger partial charge is 0.0645 e. The van der Waals surface area contributed by atoms with Crippen molar-refractivity contribution in [2.24, 2.45) is 5.92 Å². The van der Waals surface area contributed by atoms with E-state index in [0.29, 0.717) is 18.6 Å². The van der Waals surface area contributed by atoms with E-state index in [4.69, 9.17) is 4.74 Å². The van der Waals surface area contributed by atoms with Gasteiger partial charge in [-0.2, -0.15) is 0 Å². The molecule has 2 nitrogen and oxygen atoms in total. The monoisotopic (exact) mass is 491 g/mol. The van der Waals surface area contributed by atoms with Gasteiger partial charge in [0.15, 0.2) is 0 Å². The number of nitrogens with zero attached hydrogens (tertiary/aromatic N) is 1. The first kappa shape index (κ1) is 23.1. The lowest BCUT2D eigenvalue weighted by Gasteiger charge is -2.34. The highest BCUT2D eigenvalue weighted by Crippen LogP contribution is 2.18. The molecule has 0 fully saturated rings. The van der Waals surface area contributed by atoms with Gasteiger partial charge in [-0.3, -0.25) is 4.90 Å². The van der Waals surface area contributed by atoms with Crippen molar-refractivity contribution in [1.82, 2.24) is 4.90 Å². The summed E-state index contributed by atoms with van der Waals surface area (Å²) in [6.45, 7) is 11.8. The lowest BCUT2D eigenvalue weighted by molar-refractivity contribution is 0.0449. The van der Waals surface area contributed by atoms with Crippen LogP contribution in [0.1, 0.15) is 37.8 Å². The third-order valence-corrected chi connectivity index (χ3v) is 5.78. The standard InChI is InChI=1S/C25H34INO/c1-4-18-28-20-25(21(2)3)27(19-23-11-6-5-7-12-23)17-9-8-10-22-13-15-24(26)16-14-22/h4-7,11-16,21,25H,1,8-10,17-20H2,2-3H3. The lowest BCUT2D eigenvalue weighted by atomic mass is 10.0. The molecule has 0 heterocycles. The molecular formula is C25H34INO. The van der Waals surface area contributed by atoms with Crippen LogP contribution >= 0.6 is 22.6 Å². The maximum atomic E-state index is 5.85. The fraction of sp³-hybridized carbons (Fsp3) is 0.440. The van der Waals surface area contributed by atoms with Gasteiger partial charge in [-0.05, 0) is 77.6 Å². The van der Waals surface area contributed by atoms with E-state index in [9.17, 15) is 0 Å². The maximum absolute atomic E-state index is 5.85. The highest BCUT2D eigenvalue weighted by molar-refractivity contribution is 14.1. The highest BCUT2D eigenvalue weighted by Gasteiger charge is 2.22. The van der Waals surface area contributed by atoms with Gasteiger partial charge in [0, 0.05) is 16.2 Å². The second-order valence-corrected chi connectivity index (χ2v) is 8.92. The molecule has 2 aromatic carbocycles. The van der Waals surface area contributed by atoms with Gasteiger partial charge in [-0.1, -0.05) is 62.4 Å². The Morgan fingerprint density at radius 3 is 2.36 bits per heavy atom. The number of aryl methyl sites for hydroxylation is 1. The van der Waals surface area contributed by atoms with Gasteiger partial charge in [-0.25, -0.2) is 0 Å². The third kappa shape index (κ3) is 8.46. The summed E-state index contributed by atoms with van der Waals surface area (Å²) in [6.07, 6.45) is 5.39. The van der Waals surface area contributed by atoms with Crippen molar-refractivity contribution < 1.29 is 4.74 Å². The minimum absolute atomic E-state index is 0.415. The molecule has 0 spiro atoms. The van der Waals surface area contributed by atoms with Gasteiger partial charge >= 0.3 is 0 Å². The zero-order valence-corrected chi connectivity index (χ0v) is 19.5. The fourth-order valence-electron chi connectivity index (χ4n) is 3.47. The van der Waals surface area contributed by atoms with E-state index < -0.39 is 0 Å². The molecule has 0 radical (unpaired) electrons. The Morgan fingerprint density at radius 1 is 1.00 bits per heavy atom. The van der Waals surface area contributed by atoms with Gasteiger partial charge in [0.2, 0.25) is 0 Å². The van der Waals surface area contributed by atoms with Crippen molar-refractivity contribution in [1.29, 1.82) is 0 Å². The Bertz CT molecular complexity index is 669. The van der Waals surface area contributed by atoms with Crippen LogP contribution in [0.4, 0.5) is 0 Å². The van der Waals surface area contributed by atoms with Crippen LogP contribution in [0.2, 0.25) is 0 Å². The molecular weight excluding hydrogens is 457 g/mol. The molecule has 1 atom stereocenters. The maximum Gasteiger partial charge on any atom is 0.0645 e. The zero-order valence-electron chi connectivity index (χ0n) is 17.3. The van der Waals surface area contributed by atoms with Crippen molar-refractivity contribution in [3.8, 4) is 0 Å². The van der Waals surface area contributed by atoms with Crippen LogP contribution in [0.25, 0.3) is 0 Å². The first-order valence-electron chi connectivity index (χ1n) is 10.3. The van der Waals surface area contributed by atoms with Crippen LogP contribution in [-0.2, 0) is 17.7 Å². The second-order valence-electron chi connectivity index (χ2n) is 7.68. The summed E-state index contributed by atoms with van der Waals surface area (Å²) in [5.74, 6) is 0.546. The Labute approximate surface area is 185 Å². The topological polar surface area (TPSA) is 12.5 Å². The SMILES string of the molecule is C=CCOCC(C(C)C)N(CCCCc1ccc(I)cc1)Cc1ccccc1. The van der Waals surface area contributed by atoms with Gasteiger partial charge in [-0.15, -0.1) is 6.58 Å². The van der Waals surface area contributed by atoms with Crippen molar-refractivity contribution in [3.63, 3.8) is 0 Å². The quantitative estimate of drug-likeness (QED) is 0.184. The van der Waals surface area contributed by atoms with E-state index in [0.717, 1.165) is 26.1 Å². The molecule has 0 aliphatic heterocycles. The van der Waals surface area contributed by atoms with Crippen LogP contribution in [0, 0.1) is 9.49 Å². The second kappa shape index (κ2) is 13.1. The number of ether oxygens (including phenoxy) is 1. The Balaban J connectivity index is 1.95. The van der Waals surface area contributed by atoms with E-state index in [1.165, 1.54) is 27.5 Å². The van der Waals surface area contributed by atoms with Crippen molar-refractivity contribution >= 4 is 22.6 Å². The average molecular weight is 491 g/mol. The van der Waals surface area contributed by atoms with E-state index >= 15 is 0 Å². The molecule has 152 valence electrons. The van der Waals surface area contributed by atoms with Gasteiger partial charge in [0.25, 0.3) is 0 Å². The zero-order chi connectivity index (χ0) is 20.2. The van der Waals surface area contributed by atoms with Gasteiger partial charge in [0.05, 0.1) is 13.2 Å². The first-order valence-corrected chi connectivity index (χ1v) is 11.4. The summed E-state index contributed by atoms with van der Waals surface area (Å²) in [4.78, 5) is 2.61. The number of hydrogen-bond acceptors (Lipinski definition) is 2. The molecule has 2 aromatic rings. The molecule has 0 N–H and O–H groups in total. The third-order valence-electron chi connectivity index (χ3n) is 5.07. The first-order chi connectivity index (χ1) is 13.6. The molecule has 3 heteroatoms. The summed E-state index contributed by atoms with van der Waals surface area (Å²) in [5, 5.41) is 0. The summed E-state index contributed by atoms with van der Waals surface area (Å²) >= 11 is 2.36. The molecule has 1 unspecified atom stereocenters. The lowest BCUT2D eigenvalue weighted by Crippen LogP contribution is -2.42. The van der Waals surface area contributed by atoms with E-state index in [1.54, 1.807) is 0 Å². The Morgan fingerprint density at radius 2 is 1.71 bits per heavy atom. The molecule has 28 heavy (non-hydrogen) atoms. The van der Waals surface area contributed by atoms with Crippen molar-refractivity contribution in [3.05, 3.63) is 81.9 Å². The Hall–Kier alpha value is -1.17. The summed E-state index contributed by atoms with van der Waals surface area (Å²) in [6, 6.07) is 20.1. The van der Waals surface area contributed by atoms with Crippen LogP contribution in [-0.4, -0.2) is 30.7 Å². The van der Waals surface area contributed by atoms with Crippen molar-refractivity contribution in [2.75, 3.05) is 19.8 Å². The van der Waals surface area contributed by atoms with Crippen LogP contribution in [0.3, 0.4) is 0 Å². The summed E-state index contributed by atoms with van der Waals surface area (Å²) in [7, 11) is 0. The van der Waals surface area contributed by atoms with E-state index in [1.807, 2.05) is 6.08 Å². The fourth-order valence-corrected chi connectivity index (χ4v) is 3.83. The van der Waals surface area contributed by atoms with E-state index in [-0.39, 0.29) is 0 Å². The minimum Gasteiger partial charge on any atom is -0.376 e. The van der Waals surface area contributed by atoms with Crippen molar-refractivity contribution in [2.45, 2.75) is 45.7 Å². The molecule has 0 aromatic heterocycles. The van der Waals surface area contributed by atoms with Crippen LogP contribution < -0.4 is 0 Å². The molecule has 2 rings (SSSR count). The molecule has 0 amide bonds. The predicted molar refractivity (Wildman–Crippen MR) is 129 cm³/mol. The Kier molecular flexibility index (Phi) is 10.8.